The molecule has 1 aromatic rings. The van der Waals surface area contributed by atoms with Crippen LogP contribution < -0.4 is 0 Å². The van der Waals surface area contributed by atoms with Gasteiger partial charge in [-0.15, -0.1) is 0 Å². The van der Waals surface area contributed by atoms with Crippen LogP contribution in [0.1, 0.15) is 46.7 Å². The normalized spacial score (nSPS) is 10.0. The molecule has 0 unspecified atom stereocenters. The van der Waals surface area contributed by atoms with Crippen LogP contribution in [0, 0.1) is 0 Å². The Balaban J connectivity index is 3.03. The molecule has 1 aromatic heterocycles. The van der Waals surface area contributed by atoms with Crippen molar-refractivity contribution in [3.63, 3.8) is 0 Å². The van der Waals surface area contributed by atoms with Crippen LogP contribution in [-0.4, -0.2) is 18.9 Å². The van der Waals surface area contributed by atoms with Gasteiger partial charge in [-0.25, -0.2) is 4.79 Å². The van der Waals surface area contributed by atoms with Gasteiger partial charge in [-0.3, -0.25) is 4.79 Å². The maximum atomic E-state index is 11.5. The van der Waals surface area contributed by atoms with Gasteiger partial charge in [-0.2, -0.15) is 0 Å². The third kappa shape index (κ3) is 2.46. The molecule has 0 amide bonds. The third-order valence-electron chi connectivity index (χ3n) is 2.00. The molecule has 0 bridgehead atoms. The number of aldehydes is 1. The van der Waals surface area contributed by atoms with E-state index >= 15 is 0 Å². The highest BCUT2D eigenvalue weighted by atomic mass is 16.5. The maximum Gasteiger partial charge on any atom is 0.342 e. The van der Waals surface area contributed by atoms with E-state index in [9.17, 15) is 9.59 Å². The summed E-state index contributed by atoms with van der Waals surface area (Å²) < 4.78 is 9.85. The zero-order chi connectivity index (χ0) is 11.3. The van der Waals surface area contributed by atoms with Gasteiger partial charge in [-0.05, 0) is 13.3 Å². The molecule has 0 aliphatic heterocycles. The number of esters is 1. The van der Waals surface area contributed by atoms with Crippen molar-refractivity contribution in [3.8, 4) is 0 Å². The van der Waals surface area contributed by atoms with Crippen LogP contribution in [0.5, 0.6) is 0 Å². The summed E-state index contributed by atoms with van der Waals surface area (Å²) in [5.74, 6) is -0.436. The number of carbonyl (C=O) groups excluding carboxylic acids is 2. The zero-order valence-corrected chi connectivity index (χ0v) is 8.91. The van der Waals surface area contributed by atoms with Crippen molar-refractivity contribution in [2.75, 3.05) is 6.61 Å². The molecule has 0 atom stereocenters. The number of furan rings is 1. The second-order valence-corrected chi connectivity index (χ2v) is 3.09. The van der Waals surface area contributed by atoms with E-state index in [1.807, 2.05) is 6.92 Å². The average molecular weight is 210 g/mol. The molecule has 1 heterocycles. The summed E-state index contributed by atoms with van der Waals surface area (Å²) in [4.78, 5) is 22.2. The molecule has 0 aliphatic carbocycles. The van der Waals surface area contributed by atoms with Gasteiger partial charge in [0, 0.05) is 5.56 Å². The monoisotopic (exact) mass is 210 g/mol. The van der Waals surface area contributed by atoms with E-state index < -0.39 is 5.97 Å². The third-order valence-corrected chi connectivity index (χ3v) is 2.00. The highest BCUT2D eigenvalue weighted by Gasteiger charge is 2.20. The molecule has 0 saturated heterocycles. The van der Waals surface area contributed by atoms with Crippen LogP contribution in [0.4, 0.5) is 0 Å². The van der Waals surface area contributed by atoms with Crippen molar-refractivity contribution in [2.24, 2.45) is 0 Å². The SMILES string of the molecule is CCCc1coc(C=O)c1C(=O)OCC. The van der Waals surface area contributed by atoms with Crippen molar-refractivity contribution < 1.29 is 18.7 Å². The van der Waals surface area contributed by atoms with Crippen LogP contribution >= 0.6 is 0 Å². The lowest BCUT2D eigenvalue weighted by molar-refractivity contribution is 0.0521. The standard InChI is InChI=1S/C11H14O4/c1-3-5-8-7-15-9(6-12)10(8)11(13)14-4-2/h6-7H,3-5H2,1-2H3. The molecule has 1 rings (SSSR count). The summed E-state index contributed by atoms with van der Waals surface area (Å²) in [6.45, 7) is 3.99. The summed E-state index contributed by atoms with van der Waals surface area (Å²) in [7, 11) is 0. The summed E-state index contributed by atoms with van der Waals surface area (Å²) in [5, 5.41) is 0. The lowest BCUT2D eigenvalue weighted by Crippen LogP contribution is -2.08. The Morgan fingerprint density at radius 1 is 1.53 bits per heavy atom. The van der Waals surface area contributed by atoms with Crippen molar-refractivity contribution in [2.45, 2.75) is 26.7 Å². The lowest BCUT2D eigenvalue weighted by Gasteiger charge is -2.02. The fourth-order valence-corrected chi connectivity index (χ4v) is 1.39. The Bertz CT molecular complexity index is 351. The predicted molar refractivity (Wildman–Crippen MR) is 54.0 cm³/mol. The largest absolute Gasteiger partial charge is 0.462 e. The Labute approximate surface area is 88.2 Å². The van der Waals surface area contributed by atoms with Crippen LogP contribution in [-0.2, 0) is 11.2 Å². The second kappa shape index (κ2) is 5.34. The minimum Gasteiger partial charge on any atom is -0.462 e. The molecule has 15 heavy (non-hydrogen) atoms. The Morgan fingerprint density at radius 2 is 2.27 bits per heavy atom. The first kappa shape index (κ1) is 11.5. The van der Waals surface area contributed by atoms with Crippen LogP contribution in [0.3, 0.4) is 0 Å². The van der Waals surface area contributed by atoms with Gasteiger partial charge in [0.1, 0.15) is 5.56 Å². The minimum atomic E-state index is -0.489. The molecule has 82 valence electrons. The fourth-order valence-electron chi connectivity index (χ4n) is 1.39. The smallest absolute Gasteiger partial charge is 0.342 e. The van der Waals surface area contributed by atoms with Gasteiger partial charge >= 0.3 is 5.97 Å². The molecule has 0 aliphatic rings. The van der Waals surface area contributed by atoms with E-state index in [1.54, 1.807) is 6.92 Å². The zero-order valence-electron chi connectivity index (χ0n) is 8.91. The molecule has 0 spiro atoms. The summed E-state index contributed by atoms with van der Waals surface area (Å²) in [6.07, 6.45) is 3.56. The predicted octanol–water partition coefficient (Wildman–Crippen LogP) is 2.22. The first-order chi connectivity index (χ1) is 7.24. The molecule has 0 N–H and O–H groups in total. The Kier molecular flexibility index (Phi) is 4.09. The first-order valence-electron chi connectivity index (χ1n) is 4.97. The van der Waals surface area contributed by atoms with E-state index in [0.29, 0.717) is 12.7 Å². The molecule has 4 heteroatoms. The Hall–Kier alpha value is -1.58. The summed E-state index contributed by atoms with van der Waals surface area (Å²) >= 11 is 0. The highest BCUT2D eigenvalue weighted by Crippen LogP contribution is 2.18. The topological polar surface area (TPSA) is 56.5 Å². The van der Waals surface area contributed by atoms with Crippen molar-refractivity contribution in [1.29, 1.82) is 0 Å². The van der Waals surface area contributed by atoms with E-state index in [0.717, 1.165) is 12.0 Å². The van der Waals surface area contributed by atoms with E-state index in [4.69, 9.17) is 9.15 Å². The highest BCUT2D eigenvalue weighted by molar-refractivity contribution is 5.98. The number of carbonyl (C=O) groups is 2. The molecule has 0 radical (unpaired) electrons. The first-order valence-corrected chi connectivity index (χ1v) is 4.97. The van der Waals surface area contributed by atoms with Crippen molar-refractivity contribution >= 4 is 12.3 Å². The van der Waals surface area contributed by atoms with E-state index in [-0.39, 0.29) is 17.9 Å². The second-order valence-electron chi connectivity index (χ2n) is 3.09. The van der Waals surface area contributed by atoms with Gasteiger partial charge in [-0.1, -0.05) is 13.3 Å². The quantitative estimate of drug-likeness (QED) is 0.552. The van der Waals surface area contributed by atoms with Gasteiger partial charge in [0.25, 0.3) is 0 Å². The van der Waals surface area contributed by atoms with E-state index in [1.165, 1.54) is 6.26 Å². The molecular formula is C11H14O4. The molecule has 0 fully saturated rings. The van der Waals surface area contributed by atoms with Gasteiger partial charge < -0.3 is 9.15 Å². The summed E-state index contributed by atoms with van der Waals surface area (Å²) in [6, 6.07) is 0. The number of rotatable bonds is 5. The summed E-state index contributed by atoms with van der Waals surface area (Å²) in [5.41, 5.74) is 1.01. The van der Waals surface area contributed by atoms with Crippen molar-refractivity contribution in [3.05, 3.63) is 23.2 Å². The van der Waals surface area contributed by atoms with Crippen LogP contribution in [0.2, 0.25) is 0 Å². The molecule has 0 saturated carbocycles. The fraction of sp³-hybridized carbons (Fsp3) is 0.455. The molecule has 0 aromatic carbocycles. The van der Waals surface area contributed by atoms with Gasteiger partial charge in [0.15, 0.2) is 12.0 Å². The van der Waals surface area contributed by atoms with Crippen LogP contribution in [0.15, 0.2) is 10.7 Å². The minimum absolute atomic E-state index is 0.0527. The van der Waals surface area contributed by atoms with Crippen LogP contribution in [0.25, 0.3) is 0 Å². The number of hydrogen-bond acceptors (Lipinski definition) is 4. The maximum absolute atomic E-state index is 11.5. The molecule has 4 nitrogen and oxygen atoms in total. The average Bonchev–Trinajstić information content (AvgIpc) is 2.62. The number of ether oxygens (including phenoxy) is 1. The molecular weight excluding hydrogens is 196 g/mol. The lowest BCUT2D eigenvalue weighted by atomic mass is 10.1. The van der Waals surface area contributed by atoms with Gasteiger partial charge in [0.2, 0.25) is 0 Å². The Morgan fingerprint density at radius 3 is 2.80 bits per heavy atom. The number of aryl methyl sites for hydroxylation is 1. The van der Waals surface area contributed by atoms with Crippen molar-refractivity contribution in [1.82, 2.24) is 0 Å². The van der Waals surface area contributed by atoms with E-state index in [2.05, 4.69) is 0 Å². The van der Waals surface area contributed by atoms with Gasteiger partial charge in [0.05, 0.1) is 12.9 Å². The number of hydrogen-bond donors (Lipinski definition) is 0.